The fourth-order valence-corrected chi connectivity index (χ4v) is 1.40. The van der Waals surface area contributed by atoms with E-state index in [1.165, 1.54) is 6.07 Å². The van der Waals surface area contributed by atoms with Gasteiger partial charge in [-0.05, 0) is 17.5 Å². The Kier molecular flexibility index (Phi) is 2.05. The highest BCUT2D eigenvalue weighted by Crippen LogP contribution is 2.11. The fraction of sp³-hybridized carbons (Fsp3) is 0.100. The first-order valence-electron chi connectivity index (χ1n) is 4.14. The van der Waals surface area contributed by atoms with E-state index in [2.05, 4.69) is 0 Å². The van der Waals surface area contributed by atoms with Crippen LogP contribution in [0.3, 0.4) is 0 Å². The number of rotatable bonds is 1. The number of aliphatic hydroxyl groups excluding tert-OH is 1. The van der Waals surface area contributed by atoms with Gasteiger partial charge in [0.1, 0.15) is 0 Å². The van der Waals surface area contributed by atoms with Crippen LogP contribution in [0.2, 0.25) is 0 Å². The number of fused-ring (bicyclic) bond motifs is 1. The van der Waals surface area contributed by atoms with Crippen LogP contribution < -0.4 is 5.56 Å². The lowest BCUT2D eigenvalue weighted by Gasteiger charge is -2.03. The molecule has 0 saturated heterocycles. The van der Waals surface area contributed by atoms with Gasteiger partial charge in [-0.2, -0.15) is 0 Å². The number of halogens is 1. The Morgan fingerprint density at radius 2 is 2.07 bits per heavy atom. The minimum atomic E-state index is -0.729. The largest absolute Gasteiger partial charge is 0.390 e. The second-order valence-corrected chi connectivity index (χ2v) is 2.97. The molecule has 0 amide bonds. The molecule has 0 radical (unpaired) electrons. The Labute approximate surface area is 79.0 Å². The summed E-state index contributed by atoms with van der Waals surface area (Å²) in [6, 6.07) is 8.13. The van der Waals surface area contributed by atoms with Crippen molar-refractivity contribution in [2.75, 3.05) is 0 Å². The van der Waals surface area contributed by atoms with Gasteiger partial charge in [0, 0.05) is 5.39 Å². The Balaban J connectivity index is 2.92. The van der Waals surface area contributed by atoms with Gasteiger partial charge >= 0.3 is 0 Å². The zero-order valence-electron chi connectivity index (χ0n) is 7.27. The summed E-state index contributed by atoms with van der Waals surface area (Å²) in [6.07, 6.45) is 0. The van der Waals surface area contributed by atoms with Crippen molar-refractivity contribution in [1.82, 2.24) is 4.79 Å². The zero-order chi connectivity index (χ0) is 10.1. The summed E-state index contributed by atoms with van der Waals surface area (Å²) in [7, 11) is 0. The van der Waals surface area contributed by atoms with Crippen LogP contribution in [-0.4, -0.2) is 9.90 Å². The van der Waals surface area contributed by atoms with Gasteiger partial charge in [0.2, 0.25) is 0 Å². The van der Waals surface area contributed by atoms with Gasteiger partial charge in [0.05, 0.1) is 12.3 Å². The fourth-order valence-electron chi connectivity index (χ4n) is 1.40. The van der Waals surface area contributed by atoms with Crippen LogP contribution in [-0.2, 0) is 6.61 Å². The zero-order valence-corrected chi connectivity index (χ0v) is 7.27. The van der Waals surface area contributed by atoms with Crippen LogP contribution in [0, 0.1) is 0 Å². The van der Waals surface area contributed by atoms with E-state index in [0.717, 1.165) is 0 Å². The van der Waals surface area contributed by atoms with E-state index < -0.39 is 12.2 Å². The minimum absolute atomic E-state index is 0.0255. The molecule has 0 aliphatic heterocycles. The minimum Gasteiger partial charge on any atom is -0.390 e. The lowest BCUT2D eigenvalue weighted by molar-refractivity contribution is 0.238. The molecule has 0 aliphatic carbocycles. The molecule has 0 fully saturated rings. The molecule has 1 N–H and O–H groups in total. The quantitative estimate of drug-likeness (QED) is 0.740. The molecule has 3 nitrogen and oxygen atoms in total. The number of hydrogen-bond donors (Lipinski definition) is 1. The standard InChI is InChI=1S/C10H8FNO2/c11-12-8(6-13)5-7-3-1-2-4-9(7)10(12)14/h1-5,13H,6H2. The maximum atomic E-state index is 13.2. The van der Waals surface area contributed by atoms with Crippen LogP contribution in [0.1, 0.15) is 5.69 Å². The number of aromatic nitrogens is 1. The molecule has 0 saturated carbocycles. The summed E-state index contributed by atoms with van der Waals surface area (Å²) >= 11 is 0. The number of benzene rings is 1. The molecule has 0 spiro atoms. The van der Waals surface area contributed by atoms with Crippen molar-refractivity contribution >= 4 is 10.8 Å². The molecular weight excluding hydrogens is 185 g/mol. The third kappa shape index (κ3) is 1.20. The normalized spacial score (nSPS) is 10.7. The van der Waals surface area contributed by atoms with Gasteiger partial charge < -0.3 is 5.11 Å². The molecule has 0 bridgehead atoms. The van der Waals surface area contributed by atoms with E-state index >= 15 is 0 Å². The monoisotopic (exact) mass is 193 g/mol. The molecule has 1 heterocycles. The Morgan fingerprint density at radius 3 is 2.79 bits per heavy atom. The van der Waals surface area contributed by atoms with Crippen molar-refractivity contribution < 1.29 is 9.59 Å². The number of hydrogen-bond acceptors (Lipinski definition) is 2. The molecule has 14 heavy (non-hydrogen) atoms. The van der Waals surface area contributed by atoms with E-state index in [9.17, 15) is 9.28 Å². The highest BCUT2D eigenvalue weighted by Gasteiger charge is 2.06. The summed E-state index contributed by atoms with van der Waals surface area (Å²) in [5.74, 6) is 0. The van der Waals surface area contributed by atoms with Crippen LogP contribution in [0.5, 0.6) is 0 Å². The molecule has 2 rings (SSSR count). The Hall–Kier alpha value is -1.68. The van der Waals surface area contributed by atoms with Crippen LogP contribution in [0.4, 0.5) is 4.48 Å². The third-order valence-corrected chi connectivity index (χ3v) is 2.11. The molecule has 0 aliphatic rings. The average Bonchev–Trinajstić information content (AvgIpc) is 2.23. The van der Waals surface area contributed by atoms with Crippen LogP contribution in [0.25, 0.3) is 10.8 Å². The van der Waals surface area contributed by atoms with Crippen LogP contribution in [0.15, 0.2) is 35.1 Å². The topological polar surface area (TPSA) is 42.2 Å². The second kappa shape index (κ2) is 3.23. The summed E-state index contributed by atoms with van der Waals surface area (Å²) in [5.41, 5.74) is -0.763. The van der Waals surface area contributed by atoms with Crippen molar-refractivity contribution in [2.45, 2.75) is 6.61 Å². The van der Waals surface area contributed by atoms with Gasteiger partial charge in [0.25, 0.3) is 5.56 Å². The van der Waals surface area contributed by atoms with E-state index in [-0.39, 0.29) is 10.5 Å². The first-order valence-corrected chi connectivity index (χ1v) is 4.14. The highest BCUT2D eigenvalue weighted by molar-refractivity contribution is 5.81. The average molecular weight is 193 g/mol. The van der Waals surface area contributed by atoms with Gasteiger partial charge in [-0.25, -0.2) is 0 Å². The molecule has 4 heteroatoms. The van der Waals surface area contributed by atoms with Gasteiger partial charge in [0.15, 0.2) is 0 Å². The predicted octanol–water partition coefficient (Wildman–Crippen LogP) is 1.23. The lowest BCUT2D eigenvalue weighted by Crippen LogP contribution is -2.17. The van der Waals surface area contributed by atoms with Crippen molar-refractivity contribution in [3.05, 3.63) is 46.4 Å². The second-order valence-electron chi connectivity index (χ2n) is 2.97. The van der Waals surface area contributed by atoms with Gasteiger partial charge in [-0.1, -0.05) is 22.7 Å². The molecule has 0 atom stereocenters. The molecule has 72 valence electrons. The smallest absolute Gasteiger partial charge is 0.286 e. The predicted molar refractivity (Wildman–Crippen MR) is 50.6 cm³/mol. The number of aliphatic hydroxyl groups is 1. The van der Waals surface area contributed by atoms with Crippen molar-refractivity contribution in [3.63, 3.8) is 0 Å². The number of pyridine rings is 1. The van der Waals surface area contributed by atoms with E-state index in [1.807, 2.05) is 0 Å². The molecular formula is C10H8FNO2. The van der Waals surface area contributed by atoms with Gasteiger partial charge in [-0.3, -0.25) is 4.79 Å². The maximum absolute atomic E-state index is 13.2. The summed E-state index contributed by atoms with van der Waals surface area (Å²) in [4.78, 5) is 11.4. The first-order chi connectivity index (χ1) is 6.74. The highest BCUT2D eigenvalue weighted by atomic mass is 19.2. The first kappa shape index (κ1) is 8.90. The summed E-state index contributed by atoms with van der Waals surface area (Å²) in [6.45, 7) is -0.490. The summed E-state index contributed by atoms with van der Waals surface area (Å²) < 4.78 is 13.2. The Morgan fingerprint density at radius 1 is 1.36 bits per heavy atom. The molecule has 1 aromatic heterocycles. The van der Waals surface area contributed by atoms with E-state index in [1.54, 1.807) is 24.3 Å². The molecule has 1 aromatic carbocycles. The summed E-state index contributed by atoms with van der Waals surface area (Å²) in [5, 5.41) is 9.75. The van der Waals surface area contributed by atoms with E-state index in [0.29, 0.717) is 10.8 Å². The van der Waals surface area contributed by atoms with Crippen molar-refractivity contribution in [1.29, 1.82) is 0 Å². The maximum Gasteiger partial charge on any atom is 0.286 e. The molecule has 2 aromatic rings. The van der Waals surface area contributed by atoms with Crippen molar-refractivity contribution in [3.8, 4) is 0 Å². The number of nitrogens with zero attached hydrogens (tertiary/aromatic N) is 1. The van der Waals surface area contributed by atoms with Crippen LogP contribution >= 0.6 is 0 Å². The van der Waals surface area contributed by atoms with Gasteiger partial charge in [-0.15, -0.1) is 4.79 Å². The Bertz CT molecular complexity index is 533. The van der Waals surface area contributed by atoms with E-state index in [4.69, 9.17) is 5.11 Å². The lowest BCUT2D eigenvalue weighted by atomic mass is 10.1. The van der Waals surface area contributed by atoms with Crippen molar-refractivity contribution in [2.24, 2.45) is 0 Å². The third-order valence-electron chi connectivity index (χ3n) is 2.11. The molecule has 0 unspecified atom stereocenters. The SMILES string of the molecule is O=c1c2ccccc2cc(CO)n1F.